The van der Waals surface area contributed by atoms with Crippen LogP contribution in [0.25, 0.3) is 5.57 Å². The normalized spacial score (nSPS) is 18.6. The summed E-state index contributed by atoms with van der Waals surface area (Å²) in [6.07, 6.45) is 12.3. The molecule has 27 heavy (non-hydrogen) atoms. The molecule has 0 saturated heterocycles. The molecule has 2 rings (SSSR count). The third kappa shape index (κ3) is 6.07. The Hall–Kier alpha value is -1.87. The molecule has 0 aliphatic heterocycles. The van der Waals surface area contributed by atoms with Gasteiger partial charge < -0.3 is 10.2 Å². The maximum absolute atomic E-state index is 12.1. The number of carbonyl (C=O) groups is 1. The van der Waals surface area contributed by atoms with Gasteiger partial charge in [-0.15, -0.1) is 0 Å². The highest BCUT2D eigenvalue weighted by molar-refractivity contribution is 6.05. The Balaban J connectivity index is 2.14. The van der Waals surface area contributed by atoms with Crippen molar-refractivity contribution in [3.8, 4) is 0 Å². The number of benzene rings is 1. The van der Waals surface area contributed by atoms with Crippen LogP contribution in [0.4, 0.5) is 0 Å². The van der Waals surface area contributed by atoms with Crippen LogP contribution < -0.4 is 0 Å². The minimum atomic E-state index is -0.497. The number of hydrogen-bond acceptors (Lipinski definition) is 3. The molecule has 0 aromatic heterocycles. The van der Waals surface area contributed by atoms with Crippen molar-refractivity contribution < 1.29 is 15.0 Å². The first-order valence-corrected chi connectivity index (χ1v) is 10.5. The van der Waals surface area contributed by atoms with E-state index in [0.717, 1.165) is 55.2 Å². The van der Waals surface area contributed by atoms with Crippen LogP contribution in [0, 0.1) is 5.92 Å². The molecule has 3 nitrogen and oxygen atoms in total. The molecule has 1 aliphatic rings. The van der Waals surface area contributed by atoms with Crippen LogP contribution >= 0.6 is 0 Å². The molecule has 1 unspecified atom stereocenters. The van der Waals surface area contributed by atoms with Gasteiger partial charge in [0.25, 0.3) is 0 Å². The van der Waals surface area contributed by atoms with Crippen molar-refractivity contribution >= 4 is 11.4 Å². The lowest BCUT2D eigenvalue weighted by atomic mass is 9.90. The molecule has 2 N–H and O–H groups in total. The van der Waals surface area contributed by atoms with Gasteiger partial charge in [-0.1, -0.05) is 76.3 Å². The SMILES string of the molecule is CCCC/C=C\C[C@H]1CC(=O)C(O)=C1c1cccc(C(O)CCCCC)c1. The lowest BCUT2D eigenvalue weighted by molar-refractivity contribution is -0.117. The Morgan fingerprint density at radius 3 is 2.67 bits per heavy atom. The number of carbonyl (C=O) groups excluding carboxylic acids is 1. The highest BCUT2D eigenvalue weighted by Crippen LogP contribution is 2.39. The van der Waals surface area contributed by atoms with E-state index in [0.29, 0.717) is 6.42 Å². The number of allylic oxidation sites excluding steroid dienone is 4. The topological polar surface area (TPSA) is 57.5 Å². The number of Topliss-reactive ketones (excluding diaryl/α,β-unsaturated/α-hetero) is 1. The van der Waals surface area contributed by atoms with Crippen molar-refractivity contribution in [2.45, 2.75) is 77.7 Å². The van der Waals surface area contributed by atoms with E-state index in [9.17, 15) is 15.0 Å². The minimum Gasteiger partial charge on any atom is -0.504 e. The van der Waals surface area contributed by atoms with Crippen LogP contribution in [0.15, 0.2) is 42.2 Å². The summed E-state index contributed by atoms with van der Waals surface area (Å²) in [6.45, 7) is 4.32. The van der Waals surface area contributed by atoms with Crippen molar-refractivity contribution in [3.63, 3.8) is 0 Å². The molecule has 0 saturated carbocycles. The molecule has 0 radical (unpaired) electrons. The zero-order valence-corrected chi connectivity index (χ0v) is 16.8. The van der Waals surface area contributed by atoms with Gasteiger partial charge >= 0.3 is 0 Å². The molecule has 1 aromatic carbocycles. The van der Waals surface area contributed by atoms with Crippen LogP contribution in [-0.2, 0) is 4.79 Å². The summed E-state index contributed by atoms with van der Waals surface area (Å²) in [6, 6.07) is 7.70. The number of aliphatic hydroxyl groups is 2. The predicted molar refractivity (Wildman–Crippen MR) is 111 cm³/mol. The number of aliphatic hydroxyl groups excluding tert-OH is 2. The monoisotopic (exact) mass is 370 g/mol. The fourth-order valence-corrected chi connectivity index (χ4v) is 3.71. The predicted octanol–water partition coefficient (Wildman–Crippen LogP) is 6.29. The summed E-state index contributed by atoms with van der Waals surface area (Å²) in [5.41, 5.74) is 2.46. The first-order chi connectivity index (χ1) is 13.1. The smallest absolute Gasteiger partial charge is 0.198 e. The quantitative estimate of drug-likeness (QED) is 0.355. The Bertz CT molecular complexity index is 672. The van der Waals surface area contributed by atoms with Gasteiger partial charge in [-0.05, 0) is 42.4 Å². The first kappa shape index (κ1) is 21.4. The van der Waals surface area contributed by atoms with Crippen LogP contribution in [0.5, 0.6) is 0 Å². The van der Waals surface area contributed by atoms with Gasteiger partial charge in [0.1, 0.15) is 0 Å². The van der Waals surface area contributed by atoms with Gasteiger partial charge in [-0.2, -0.15) is 0 Å². The minimum absolute atomic E-state index is 0.0165. The summed E-state index contributed by atoms with van der Waals surface area (Å²) >= 11 is 0. The van der Waals surface area contributed by atoms with Crippen LogP contribution in [0.3, 0.4) is 0 Å². The van der Waals surface area contributed by atoms with Gasteiger partial charge in [0.05, 0.1) is 6.10 Å². The second kappa shape index (κ2) is 11.1. The van der Waals surface area contributed by atoms with Gasteiger partial charge in [0.15, 0.2) is 11.5 Å². The van der Waals surface area contributed by atoms with Crippen molar-refractivity contribution in [1.82, 2.24) is 0 Å². The van der Waals surface area contributed by atoms with E-state index in [4.69, 9.17) is 0 Å². The molecule has 0 fully saturated rings. The standard InChI is InChI=1S/C24H34O3/c1-3-5-7-8-10-12-20-17-22(26)24(27)23(20)19-14-11-13-18(16-19)21(25)15-9-6-4-2/h8,10-11,13-14,16,20-21,25,27H,3-7,9,12,15,17H2,1-2H3/b10-8-/t20-,21?/m0/s1. The summed E-state index contributed by atoms with van der Waals surface area (Å²) in [5, 5.41) is 20.8. The molecule has 1 aromatic rings. The van der Waals surface area contributed by atoms with Gasteiger partial charge in [0, 0.05) is 12.0 Å². The molecule has 148 valence electrons. The second-order valence-corrected chi connectivity index (χ2v) is 7.57. The van der Waals surface area contributed by atoms with Gasteiger partial charge in [0.2, 0.25) is 0 Å². The molecule has 0 bridgehead atoms. The second-order valence-electron chi connectivity index (χ2n) is 7.57. The number of hydrogen-bond donors (Lipinski definition) is 2. The molecule has 0 heterocycles. The highest BCUT2D eigenvalue weighted by Gasteiger charge is 2.32. The number of ketones is 1. The maximum Gasteiger partial charge on any atom is 0.198 e. The molecule has 3 heteroatoms. The summed E-state index contributed by atoms with van der Waals surface area (Å²) in [4.78, 5) is 12.1. The molecular weight excluding hydrogens is 336 g/mol. The zero-order chi connectivity index (χ0) is 19.6. The lowest BCUT2D eigenvalue weighted by Crippen LogP contribution is -2.02. The van der Waals surface area contributed by atoms with Gasteiger partial charge in [-0.3, -0.25) is 4.79 Å². The Morgan fingerprint density at radius 2 is 1.93 bits per heavy atom. The molecular formula is C24H34O3. The largest absolute Gasteiger partial charge is 0.504 e. The number of rotatable bonds is 11. The van der Waals surface area contributed by atoms with Crippen LogP contribution in [0.2, 0.25) is 0 Å². The van der Waals surface area contributed by atoms with Gasteiger partial charge in [-0.25, -0.2) is 0 Å². The molecule has 2 atom stereocenters. The third-order valence-electron chi connectivity index (χ3n) is 5.33. The van der Waals surface area contributed by atoms with E-state index in [1.807, 2.05) is 24.3 Å². The van der Waals surface area contributed by atoms with E-state index in [2.05, 4.69) is 26.0 Å². The maximum atomic E-state index is 12.1. The summed E-state index contributed by atoms with van der Waals surface area (Å²) < 4.78 is 0. The Kier molecular flexibility index (Phi) is 8.80. The summed E-state index contributed by atoms with van der Waals surface area (Å²) in [5.74, 6) is -0.256. The van der Waals surface area contributed by atoms with Crippen molar-refractivity contribution in [1.29, 1.82) is 0 Å². The fourth-order valence-electron chi connectivity index (χ4n) is 3.71. The first-order valence-electron chi connectivity index (χ1n) is 10.5. The van der Waals surface area contributed by atoms with E-state index >= 15 is 0 Å². The van der Waals surface area contributed by atoms with E-state index in [-0.39, 0.29) is 17.5 Å². The van der Waals surface area contributed by atoms with Crippen molar-refractivity contribution in [2.75, 3.05) is 0 Å². The van der Waals surface area contributed by atoms with Crippen molar-refractivity contribution in [2.24, 2.45) is 5.92 Å². The highest BCUT2D eigenvalue weighted by atomic mass is 16.3. The molecule has 0 spiro atoms. The van der Waals surface area contributed by atoms with Crippen molar-refractivity contribution in [3.05, 3.63) is 53.3 Å². The van der Waals surface area contributed by atoms with Crippen LogP contribution in [0.1, 0.15) is 88.9 Å². The van der Waals surface area contributed by atoms with E-state index in [1.54, 1.807) is 0 Å². The van der Waals surface area contributed by atoms with Crippen LogP contribution in [-0.4, -0.2) is 16.0 Å². The van der Waals surface area contributed by atoms with E-state index in [1.165, 1.54) is 12.8 Å². The fraction of sp³-hybridized carbons (Fsp3) is 0.542. The molecule has 1 aliphatic carbocycles. The summed E-state index contributed by atoms with van der Waals surface area (Å²) in [7, 11) is 0. The molecule has 0 amide bonds. The zero-order valence-electron chi connectivity index (χ0n) is 16.8. The Labute approximate surface area is 163 Å². The number of unbranched alkanes of at least 4 members (excludes halogenated alkanes) is 4. The average Bonchev–Trinajstić information content (AvgIpc) is 2.95. The lowest BCUT2D eigenvalue weighted by Gasteiger charge is -2.16. The Morgan fingerprint density at radius 1 is 1.15 bits per heavy atom. The average molecular weight is 371 g/mol. The van der Waals surface area contributed by atoms with E-state index < -0.39 is 6.10 Å². The third-order valence-corrected chi connectivity index (χ3v) is 5.33.